The number of hydrogen-bond acceptors (Lipinski definition) is 7. The lowest BCUT2D eigenvalue weighted by atomic mass is 9.75. The Labute approximate surface area is 156 Å². The van der Waals surface area contributed by atoms with Gasteiger partial charge in [0.25, 0.3) is 5.91 Å². The molecule has 142 valence electrons. The molecule has 0 unspecified atom stereocenters. The van der Waals surface area contributed by atoms with Crippen LogP contribution in [0.4, 0.5) is 4.79 Å². The van der Waals surface area contributed by atoms with Crippen molar-refractivity contribution in [1.29, 1.82) is 0 Å². The number of urea groups is 1. The van der Waals surface area contributed by atoms with Crippen molar-refractivity contribution >= 4 is 11.9 Å². The van der Waals surface area contributed by atoms with Crippen molar-refractivity contribution in [2.24, 2.45) is 5.92 Å². The Bertz CT molecular complexity index is 833. The van der Waals surface area contributed by atoms with E-state index in [1.165, 1.54) is 4.90 Å². The molecule has 2 saturated heterocycles. The molecule has 4 heterocycles. The van der Waals surface area contributed by atoms with E-state index < -0.39 is 11.6 Å². The molecule has 27 heavy (non-hydrogen) atoms. The second kappa shape index (κ2) is 7.07. The lowest BCUT2D eigenvalue weighted by Crippen LogP contribution is -2.53. The molecular formula is C18H22N6O3. The molecule has 3 amide bonds. The highest BCUT2D eigenvalue weighted by Gasteiger charge is 2.57. The molecule has 2 aromatic heterocycles. The number of aryl methyl sites for hydroxylation is 1. The summed E-state index contributed by atoms with van der Waals surface area (Å²) in [5.74, 6) is 0.455. The lowest BCUT2D eigenvalue weighted by molar-refractivity contribution is -0.134. The van der Waals surface area contributed by atoms with E-state index in [1.54, 1.807) is 18.3 Å². The Morgan fingerprint density at radius 2 is 2.11 bits per heavy atom. The maximum atomic E-state index is 13.5. The Kier molecular flexibility index (Phi) is 4.61. The number of hydrogen-bond donors (Lipinski definition) is 2. The number of piperidine rings is 1. The van der Waals surface area contributed by atoms with Gasteiger partial charge in [-0.15, -0.1) is 0 Å². The molecule has 2 aliphatic heterocycles. The van der Waals surface area contributed by atoms with Gasteiger partial charge in [-0.3, -0.25) is 14.7 Å². The third-order valence-electron chi connectivity index (χ3n) is 5.26. The van der Waals surface area contributed by atoms with E-state index in [0.717, 1.165) is 25.9 Å². The Morgan fingerprint density at radius 1 is 1.30 bits per heavy atom. The lowest BCUT2D eigenvalue weighted by Gasteiger charge is -2.37. The topological polar surface area (TPSA) is 113 Å². The third kappa shape index (κ3) is 2.97. The SMILES string of the molecule is CCc1nc(CN2C(=O)N[C@@](c3ccccn3)(C3CCNCC3)C2=O)no1. The van der Waals surface area contributed by atoms with E-state index in [1.807, 2.05) is 13.0 Å². The highest BCUT2D eigenvalue weighted by atomic mass is 16.5. The average molecular weight is 370 g/mol. The monoisotopic (exact) mass is 370 g/mol. The van der Waals surface area contributed by atoms with E-state index in [-0.39, 0.29) is 18.4 Å². The van der Waals surface area contributed by atoms with Gasteiger partial charge in [-0.05, 0) is 44.0 Å². The maximum Gasteiger partial charge on any atom is 0.325 e. The second-order valence-corrected chi connectivity index (χ2v) is 6.83. The third-order valence-corrected chi connectivity index (χ3v) is 5.26. The van der Waals surface area contributed by atoms with E-state index in [0.29, 0.717) is 23.8 Å². The predicted molar refractivity (Wildman–Crippen MR) is 94.3 cm³/mol. The van der Waals surface area contributed by atoms with Crippen LogP contribution >= 0.6 is 0 Å². The molecule has 2 aromatic rings. The molecule has 9 nitrogen and oxygen atoms in total. The highest BCUT2D eigenvalue weighted by molar-refractivity contribution is 6.07. The molecule has 2 N–H and O–H groups in total. The van der Waals surface area contributed by atoms with E-state index in [9.17, 15) is 9.59 Å². The average Bonchev–Trinajstić information content (AvgIpc) is 3.28. The zero-order valence-electron chi connectivity index (χ0n) is 15.1. The number of carbonyl (C=O) groups excluding carboxylic acids is 2. The van der Waals surface area contributed by atoms with Crippen LogP contribution in [0.2, 0.25) is 0 Å². The van der Waals surface area contributed by atoms with Crippen LogP contribution in [0.1, 0.15) is 37.2 Å². The summed E-state index contributed by atoms with van der Waals surface area (Å²) < 4.78 is 5.10. The molecule has 0 saturated carbocycles. The van der Waals surface area contributed by atoms with Crippen LogP contribution < -0.4 is 10.6 Å². The summed E-state index contributed by atoms with van der Waals surface area (Å²) in [5, 5.41) is 10.1. The van der Waals surface area contributed by atoms with Crippen LogP contribution in [0.5, 0.6) is 0 Å². The number of pyridine rings is 1. The van der Waals surface area contributed by atoms with Gasteiger partial charge in [-0.2, -0.15) is 4.98 Å². The first-order chi connectivity index (χ1) is 13.1. The second-order valence-electron chi connectivity index (χ2n) is 6.83. The first-order valence-corrected chi connectivity index (χ1v) is 9.23. The van der Waals surface area contributed by atoms with Gasteiger partial charge in [0.05, 0.1) is 12.2 Å². The first-order valence-electron chi connectivity index (χ1n) is 9.23. The maximum absolute atomic E-state index is 13.5. The molecule has 2 fully saturated rings. The van der Waals surface area contributed by atoms with Gasteiger partial charge >= 0.3 is 6.03 Å². The van der Waals surface area contributed by atoms with E-state index in [2.05, 4.69) is 25.8 Å². The normalized spacial score (nSPS) is 23.7. The van der Waals surface area contributed by atoms with Crippen molar-refractivity contribution in [3.63, 3.8) is 0 Å². The van der Waals surface area contributed by atoms with E-state index >= 15 is 0 Å². The minimum atomic E-state index is -1.15. The smallest absolute Gasteiger partial charge is 0.325 e. The van der Waals surface area contributed by atoms with Gasteiger partial charge in [0.15, 0.2) is 11.4 Å². The number of nitrogens with zero attached hydrogens (tertiary/aromatic N) is 4. The molecule has 0 aliphatic carbocycles. The van der Waals surface area contributed by atoms with Gasteiger partial charge in [-0.25, -0.2) is 4.79 Å². The van der Waals surface area contributed by atoms with Crippen molar-refractivity contribution in [2.45, 2.75) is 38.3 Å². The van der Waals surface area contributed by atoms with Crippen molar-refractivity contribution in [3.05, 3.63) is 41.8 Å². The summed E-state index contributed by atoms with van der Waals surface area (Å²) in [6, 6.07) is 4.98. The van der Waals surface area contributed by atoms with Crippen LogP contribution in [-0.2, 0) is 23.3 Å². The molecule has 4 rings (SSSR count). The molecule has 0 spiro atoms. The molecule has 9 heteroatoms. The fourth-order valence-electron chi connectivity index (χ4n) is 3.89. The van der Waals surface area contributed by atoms with Gasteiger partial charge in [0.2, 0.25) is 5.89 Å². The Balaban J connectivity index is 1.69. The molecule has 0 bridgehead atoms. The number of rotatable bonds is 5. The zero-order valence-corrected chi connectivity index (χ0v) is 15.1. The fraction of sp³-hybridized carbons (Fsp3) is 0.500. The Hall–Kier alpha value is -2.81. The summed E-state index contributed by atoms with van der Waals surface area (Å²) in [7, 11) is 0. The van der Waals surface area contributed by atoms with Crippen molar-refractivity contribution in [3.8, 4) is 0 Å². The summed E-state index contributed by atoms with van der Waals surface area (Å²) in [4.78, 5) is 36.1. The molecule has 0 radical (unpaired) electrons. The van der Waals surface area contributed by atoms with Gasteiger partial charge in [0, 0.05) is 12.6 Å². The molecule has 1 atom stereocenters. The minimum absolute atomic E-state index is 0.0201. The summed E-state index contributed by atoms with van der Waals surface area (Å²) in [5.41, 5.74) is -0.585. The summed E-state index contributed by atoms with van der Waals surface area (Å²) in [6.45, 7) is 3.47. The van der Waals surface area contributed by atoms with Crippen LogP contribution in [0, 0.1) is 5.92 Å². The standard InChI is InChI=1S/C18H22N6O3/c1-2-15-21-14(23-27-15)11-24-16(25)18(22-17(24)26,12-6-9-19-10-7-12)13-5-3-4-8-20-13/h3-5,8,12,19H,2,6-7,9-11H2,1H3,(H,22,26)/t18-/m1/s1. The van der Waals surface area contributed by atoms with Gasteiger partial charge in [0.1, 0.15) is 0 Å². The number of amides is 3. The van der Waals surface area contributed by atoms with Crippen molar-refractivity contribution in [1.82, 2.24) is 30.7 Å². The highest BCUT2D eigenvalue weighted by Crippen LogP contribution is 2.39. The van der Waals surface area contributed by atoms with Crippen LogP contribution in [-0.4, -0.2) is 45.1 Å². The van der Waals surface area contributed by atoms with Crippen molar-refractivity contribution < 1.29 is 14.1 Å². The van der Waals surface area contributed by atoms with Gasteiger partial charge in [-0.1, -0.05) is 18.1 Å². The first kappa shape index (κ1) is 17.6. The van der Waals surface area contributed by atoms with Crippen LogP contribution in [0.3, 0.4) is 0 Å². The fourth-order valence-corrected chi connectivity index (χ4v) is 3.89. The van der Waals surface area contributed by atoms with Gasteiger partial charge < -0.3 is 15.2 Å². The molecule has 2 aliphatic rings. The number of imide groups is 1. The summed E-state index contributed by atoms with van der Waals surface area (Å²) in [6.07, 6.45) is 3.80. The van der Waals surface area contributed by atoms with E-state index in [4.69, 9.17) is 4.52 Å². The molecule has 0 aromatic carbocycles. The minimum Gasteiger partial charge on any atom is -0.339 e. The molecular weight excluding hydrogens is 348 g/mol. The Morgan fingerprint density at radius 3 is 2.78 bits per heavy atom. The van der Waals surface area contributed by atoms with Crippen LogP contribution in [0.25, 0.3) is 0 Å². The number of aromatic nitrogens is 3. The van der Waals surface area contributed by atoms with Crippen molar-refractivity contribution in [2.75, 3.05) is 13.1 Å². The predicted octanol–water partition coefficient (Wildman–Crippen LogP) is 0.974. The van der Waals surface area contributed by atoms with Crippen LogP contribution in [0.15, 0.2) is 28.9 Å². The number of carbonyl (C=O) groups is 2. The number of nitrogens with one attached hydrogen (secondary N) is 2. The zero-order chi connectivity index (χ0) is 18.9. The summed E-state index contributed by atoms with van der Waals surface area (Å²) >= 11 is 0. The quantitative estimate of drug-likeness (QED) is 0.754. The largest absolute Gasteiger partial charge is 0.339 e.